The van der Waals surface area contributed by atoms with E-state index in [9.17, 15) is 14.7 Å². The van der Waals surface area contributed by atoms with Crippen LogP contribution in [-0.2, 0) is 4.79 Å². The number of benzene rings is 1. The first-order valence-electron chi connectivity index (χ1n) is 6.64. The number of hydrogen-bond donors (Lipinski definition) is 3. The highest BCUT2D eigenvalue weighted by molar-refractivity contribution is 5.99. The number of aliphatic hydroxyl groups excluding tert-OH is 1. The minimum absolute atomic E-state index is 0.0982. The highest BCUT2D eigenvalue weighted by atomic mass is 16.7. The Hall–Kier alpha value is -3.14. The number of aromatic nitrogens is 3. The summed E-state index contributed by atoms with van der Waals surface area (Å²) in [5, 5.41) is 18.8. The molecule has 0 bridgehead atoms. The quantitative estimate of drug-likeness (QED) is 0.636. The number of nitrogens with zero attached hydrogens (tertiary/aromatic N) is 3. The standard InChI is InChI=1S/C13H13N5O5/c19-4-9(13(21)17-18-5-14-15-6-18)16-12(20)8-1-2-10-11(3-8)23-7-22-10/h1-3,5-6,9,19H,4,7H2,(H,16,20)(H,17,21). The minimum Gasteiger partial charge on any atom is -0.454 e. The highest BCUT2D eigenvalue weighted by Gasteiger charge is 2.22. The van der Waals surface area contributed by atoms with Crippen LogP contribution in [0, 0.1) is 0 Å². The molecule has 2 aromatic rings. The van der Waals surface area contributed by atoms with Crippen molar-refractivity contribution < 1.29 is 24.2 Å². The van der Waals surface area contributed by atoms with Gasteiger partial charge in [-0.1, -0.05) is 0 Å². The molecule has 23 heavy (non-hydrogen) atoms. The van der Waals surface area contributed by atoms with Gasteiger partial charge in [0.1, 0.15) is 18.7 Å². The van der Waals surface area contributed by atoms with Crippen LogP contribution in [0.25, 0.3) is 0 Å². The molecule has 2 amide bonds. The molecule has 0 aliphatic carbocycles. The zero-order valence-electron chi connectivity index (χ0n) is 11.8. The molecule has 1 aromatic carbocycles. The van der Waals surface area contributed by atoms with E-state index in [1.807, 2.05) is 0 Å². The van der Waals surface area contributed by atoms with Crippen LogP contribution < -0.4 is 20.2 Å². The summed E-state index contributed by atoms with van der Waals surface area (Å²) in [5.41, 5.74) is 2.69. The van der Waals surface area contributed by atoms with Crippen LogP contribution in [0.1, 0.15) is 10.4 Å². The van der Waals surface area contributed by atoms with Gasteiger partial charge in [0.2, 0.25) is 6.79 Å². The van der Waals surface area contributed by atoms with Crippen molar-refractivity contribution in [1.29, 1.82) is 0 Å². The molecule has 120 valence electrons. The summed E-state index contributed by atoms with van der Waals surface area (Å²) >= 11 is 0. The van der Waals surface area contributed by atoms with Crippen LogP contribution in [0.4, 0.5) is 0 Å². The fraction of sp³-hybridized carbons (Fsp3) is 0.231. The predicted octanol–water partition coefficient (Wildman–Crippen LogP) is -1.13. The smallest absolute Gasteiger partial charge is 0.263 e. The lowest BCUT2D eigenvalue weighted by Crippen LogP contribution is -2.47. The van der Waals surface area contributed by atoms with Gasteiger partial charge in [-0.15, -0.1) is 10.2 Å². The van der Waals surface area contributed by atoms with E-state index in [1.165, 1.54) is 29.5 Å². The molecule has 0 radical (unpaired) electrons. The zero-order valence-corrected chi connectivity index (χ0v) is 11.8. The van der Waals surface area contributed by atoms with Gasteiger partial charge in [-0.05, 0) is 18.2 Å². The second-order valence-electron chi connectivity index (χ2n) is 4.62. The Morgan fingerprint density at radius 3 is 2.74 bits per heavy atom. The van der Waals surface area contributed by atoms with Gasteiger partial charge in [-0.2, -0.15) is 0 Å². The van der Waals surface area contributed by atoms with Gasteiger partial charge in [0.05, 0.1) is 6.61 Å². The van der Waals surface area contributed by atoms with Crippen LogP contribution in [0.5, 0.6) is 11.5 Å². The van der Waals surface area contributed by atoms with Crippen LogP contribution in [-0.4, -0.2) is 51.2 Å². The van der Waals surface area contributed by atoms with Crippen molar-refractivity contribution in [3.8, 4) is 11.5 Å². The molecule has 3 N–H and O–H groups in total. The van der Waals surface area contributed by atoms with E-state index in [2.05, 4.69) is 20.9 Å². The Balaban J connectivity index is 1.66. The number of carbonyl (C=O) groups excluding carboxylic acids is 2. The molecule has 1 atom stereocenters. The molecule has 0 saturated carbocycles. The summed E-state index contributed by atoms with van der Waals surface area (Å²) in [6, 6.07) is 3.51. The van der Waals surface area contributed by atoms with E-state index in [0.717, 1.165) is 0 Å². The first-order chi connectivity index (χ1) is 11.2. The lowest BCUT2D eigenvalue weighted by atomic mass is 10.1. The minimum atomic E-state index is -1.13. The fourth-order valence-corrected chi connectivity index (χ4v) is 1.94. The summed E-state index contributed by atoms with van der Waals surface area (Å²) < 4.78 is 11.6. The summed E-state index contributed by atoms with van der Waals surface area (Å²) in [4.78, 5) is 24.2. The summed E-state index contributed by atoms with van der Waals surface area (Å²) in [5.74, 6) is -0.139. The summed E-state index contributed by atoms with van der Waals surface area (Å²) in [6.45, 7) is -0.467. The van der Waals surface area contributed by atoms with Crippen molar-refractivity contribution in [2.75, 3.05) is 18.8 Å². The van der Waals surface area contributed by atoms with Gasteiger partial charge in [-0.25, -0.2) is 4.68 Å². The maximum Gasteiger partial charge on any atom is 0.263 e. The van der Waals surface area contributed by atoms with Crippen LogP contribution in [0.15, 0.2) is 30.9 Å². The number of nitrogens with one attached hydrogen (secondary N) is 2. The lowest BCUT2D eigenvalue weighted by molar-refractivity contribution is -0.119. The SMILES string of the molecule is O=C(NC(CO)C(=O)Nn1cnnc1)c1ccc2c(c1)OCO2. The van der Waals surface area contributed by atoms with Crippen molar-refractivity contribution in [3.05, 3.63) is 36.4 Å². The third kappa shape index (κ3) is 3.21. The van der Waals surface area contributed by atoms with E-state index in [1.54, 1.807) is 6.07 Å². The fourth-order valence-electron chi connectivity index (χ4n) is 1.94. The number of amides is 2. The Morgan fingerprint density at radius 1 is 1.26 bits per heavy atom. The van der Waals surface area contributed by atoms with Gasteiger partial charge >= 0.3 is 0 Å². The van der Waals surface area contributed by atoms with Crippen molar-refractivity contribution >= 4 is 11.8 Å². The van der Waals surface area contributed by atoms with Crippen molar-refractivity contribution in [2.24, 2.45) is 0 Å². The normalized spacial score (nSPS) is 13.4. The third-order valence-electron chi connectivity index (χ3n) is 3.10. The van der Waals surface area contributed by atoms with Gasteiger partial charge in [0.15, 0.2) is 11.5 Å². The number of carbonyl (C=O) groups is 2. The molecule has 1 unspecified atom stereocenters. The van der Waals surface area contributed by atoms with Crippen molar-refractivity contribution in [3.63, 3.8) is 0 Å². The Labute approximate surface area is 130 Å². The molecular weight excluding hydrogens is 306 g/mol. The zero-order chi connectivity index (χ0) is 16.2. The average Bonchev–Trinajstić information content (AvgIpc) is 3.22. The molecule has 1 aromatic heterocycles. The van der Waals surface area contributed by atoms with Gasteiger partial charge in [-0.3, -0.25) is 15.0 Å². The predicted molar refractivity (Wildman–Crippen MR) is 75.3 cm³/mol. The molecule has 1 aliphatic rings. The third-order valence-corrected chi connectivity index (χ3v) is 3.10. The molecule has 0 saturated heterocycles. The largest absolute Gasteiger partial charge is 0.454 e. The van der Waals surface area contributed by atoms with E-state index in [0.29, 0.717) is 11.5 Å². The second kappa shape index (κ2) is 6.32. The Bertz CT molecular complexity index is 718. The topological polar surface area (TPSA) is 128 Å². The molecule has 10 nitrogen and oxygen atoms in total. The number of fused-ring (bicyclic) bond motifs is 1. The van der Waals surface area contributed by atoms with E-state index in [4.69, 9.17) is 9.47 Å². The van der Waals surface area contributed by atoms with Crippen LogP contribution in [0.3, 0.4) is 0 Å². The van der Waals surface area contributed by atoms with E-state index in [-0.39, 0.29) is 12.4 Å². The number of rotatable bonds is 5. The molecule has 10 heteroatoms. The first-order valence-corrected chi connectivity index (χ1v) is 6.64. The van der Waals surface area contributed by atoms with Crippen molar-refractivity contribution in [2.45, 2.75) is 6.04 Å². The molecule has 3 rings (SSSR count). The van der Waals surface area contributed by atoms with Gasteiger partial charge in [0, 0.05) is 5.56 Å². The molecule has 1 aliphatic heterocycles. The molecule has 0 spiro atoms. The Morgan fingerprint density at radius 2 is 2.00 bits per heavy atom. The number of ether oxygens (including phenoxy) is 2. The summed E-state index contributed by atoms with van der Waals surface area (Å²) in [6.07, 6.45) is 2.54. The average molecular weight is 319 g/mol. The molecule has 0 fully saturated rings. The summed E-state index contributed by atoms with van der Waals surface area (Å²) in [7, 11) is 0. The van der Waals surface area contributed by atoms with Crippen LogP contribution >= 0.6 is 0 Å². The van der Waals surface area contributed by atoms with Crippen LogP contribution in [0.2, 0.25) is 0 Å². The number of aliphatic hydroxyl groups is 1. The first kappa shape index (κ1) is 14.8. The Kier molecular flexibility index (Phi) is 4.06. The van der Waals surface area contributed by atoms with E-state index >= 15 is 0 Å². The van der Waals surface area contributed by atoms with E-state index < -0.39 is 24.5 Å². The van der Waals surface area contributed by atoms with Crippen molar-refractivity contribution in [1.82, 2.24) is 20.2 Å². The molecule has 2 heterocycles. The number of hydrogen-bond acceptors (Lipinski definition) is 7. The highest BCUT2D eigenvalue weighted by Crippen LogP contribution is 2.32. The monoisotopic (exact) mass is 319 g/mol. The van der Waals surface area contributed by atoms with Gasteiger partial charge in [0.25, 0.3) is 11.8 Å². The second-order valence-corrected chi connectivity index (χ2v) is 4.62. The lowest BCUT2D eigenvalue weighted by Gasteiger charge is -2.16. The maximum absolute atomic E-state index is 12.2. The molecular formula is C13H13N5O5. The maximum atomic E-state index is 12.2. The van der Waals surface area contributed by atoms with Gasteiger partial charge < -0.3 is 19.9 Å².